The molecule has 4 nitrogen and oxygen atoms in total. The molecular formula is C13H14FN3O. The quantitative estimate of drug-likeness (QED) is 0.905. The molecule has 94 valence electrons. The Bertz CT molecular complexity index is 572. The number of hydrogen-bond acceptors (Lipinski definition) is 4. The monoisotopic (exact) mass is 247 g/mol. The summed E-state index contributed by atoms with van der Waals surface area (Å²) in [5.41, 5.74) is 7.48. The van der Waals surface area contributed by atoms with Gasteiger partial charge in [0.15, 0.2) is 11.6 Å². The van der Waals surface area contributed by atoms with Crippen LogP contribution in [0.5, 0.6) is 11.6 Å². The molecule has 0 saturated heterocycles. The average molecular weight is 247 g/mol. The molecule has 0 aliphatic rings. The summed E-state index contributed by atoms with van der Waals surface area (Å²) in [6.07, 6.45) is 1.63. The summed E-state index contributed by atoms with van der Waals surface area (Å²) in [6, 6.07) is 4.62. The lowest BCUT2D eigenvalue weighted by molar-refractivity contribution is 0.420. The third-order valence-electron chi connectivity index (χ3n) is 2.47. The van der Waals surface area contributed by atoms with Crippen LogP contribution in [0.2, 0.25) is 0 Å². The molecule has 1 aromatic heterocycles. The molecule has 2 rings (SSSR count). The van der Waals surface area contributed by atoms with E-state index in [2.05, 4.69) is 9.97 Å². The summed E-state index contributed by atoms with van der Waals surface area (Å²) < 4.78 is 19.2. The normalized spacial score (nSPS) is 10.4. The Morgan fingerprint density at radius 3 is 2.78 bits per heavy atom. The first-order chi connectivity index (χ1) is 8.60. The molecule has 0 radical (unpaired) electrons. The van der Waals surface area contributed by atoms with E-state index in [4.69, 9.17) is 10.5 Å². The number of nitrogens with zero attached hydrogens (tertiary/aromatic N) is 2. The second kappa shape index (κ2) is 5.10. The number of halogens is 1. The van der Waals surface area contributed by atoms with Crippen molar-refractivity contribution >= 4 is 0 Å². The van der Waals surface area contributed by atoms with Crippen molar-refractivity contribution in [3.05, 3.63) is 47.2 Å². The second-order valence-corrected chi connectivity index (χ2v) is 3.97. The highest BCUT2D eigenvalue weighted by molar-refractivity contribution is 5.33. The fourth-order valence-electron chi connectivity index (χ4n) is 1.47. The molecule has 5 heteroatoms. The summed E-state index contributed by atoms with van der Waals surface area (Å²) in [5, 5.41) is 0. The lowest BCUT2D eigenvalue weighted by Crippen LogP contribution is -2.00. The zero-order valence-corrected chi connectivity index (χ0v) is 10.3. The van der Waals surface area contributed by atoms with Gasteiger partial charge in [-0.1, -0.05) is 6.07 Å². The van der Waals surface area contributed by atoms with Crippen molar-refractivity contribution in [1.29, 1.82) is 0 Å². The minimum Gasteiger partial charge on any atom is -0.434 e. The Labute approximate surface area is 105 Å². The Kier molecular flexibility index (Phi) is 3.53. The maximum Gasteiger partial charge on any atom is 0.241 e. The van der Waals surface area contributed by atoms with Crippen molar-refractivity contribution in [1.82, 2.24) is 9.97 Å². The van der Waals surface area contributed by atoms with Gasteiger partial charge in [-0.05, 0) is 31.5 Å². The zero-order chi connectivity index (χ0) is 13.1. The van der Waals surface area contributed by atoms with Gasteiger partial charge in [-0.15, -0.1) is 0 Å². The molecule has 2 aromatic rings. The highest BCUT2D eigenvalue weighted by atomic mass is 19.1. The topological polar surface area (TPSA) is 61.0 Å². The van der Waals surface area contributed by atoms with E-state index in [-0.39, 0.29) is 5.75 Å². The third kappa shape index (κ3) is 2.62. The molecule has 0 bridgehead atoms. The second-order valence-electron chi connectivity index (χ2n) is 3.97. The summed E-state index contributed by atoms with van der Waals surface area (Å²) in [6.45, 7) is 3.85. The van der Waals surface area contributed by atoms with Crippen LogP contribution >= 0.6 is 0 Å². The van der Waals surface area contributed by atoms with E-state index >= 15 is 0 Å². The first kappa shape index (κ1) is 12.4. The van der Waals surface area contributed by atoms with Crippen LogP contribution in [0.3, 0.4) is 0 Å². The first-order valence-electron chi connectivity index (χ1n) is 5.56. The summed E-state index contributed by atoms with van der Waals surface area (Å²) in [4.78, 5) is 8.28. The predicted octanol–water partition coefficient (Wildman–Crippen LogP) is 2.48. The maximum absolute atomic E-state index is 13.7. The Morgan fingerprint density at radius 1 is 1.33 bits per heavy atom. The van der Waals surface area contributed by atoms with Crippen molar-refractivity contribution in [2.24, 2.45) is 5.73 Å². The van der Waals surface area contributed by atoms with Gasteiger partial charge in [-0.25, -0.2) is 9.37 Å². The molecule has 0 amide bonds. The number of ether oxygens (including phenoxy) is 1. The van der Waals surface area contributed by atoms with Gasteiger partial charge in [0.25, 0.3) is 0 Å². The van der Waals surface area contributed by atoms with E-state index < -0.39 is 5.82 Å². The fourth-order valence-corrected chi connectivity index (χ4v) is 1.47. The van der Waals surface area contributed by atoms with Gasteiger partial charge in [0.05, 0.1) is 11.4 Å². The fraction of sp³-hybridized carbons (Fsp3) is 0.231. The van der Waals surface area contributed by atoms with Crippen LogP contribution in [-0.2, 0) is 6.54 Å². The zero-order valence-electron chi connectivity index (χ0n) is 10.3. The van der Waals surface area contributed by atoms with E-state index in [0.29, 0.717) is 23.7 Å². The molecule has 2 N–H and O–H groups in total. The lowest BCUT2D eigenvalue weighted by atomic mass is 10.2. The van der Waals surface area contributed by atoms with Crippen molar-refractivity contribution in [2.75, 3.05) is 0 Å². The first-order valence-corrected chi connectivity index (χ1v) is 5.56. The molecule has 1 heterocycles. The molecule has 0 spiro atoms. The number of aryl methyl sites for hydroxylation is 2. The van der Waals surface area contributed by atoms with Crippen LogP contribution < -0.4 is 10.5 Å². The molecule has 1 aromatic carbocycles. The molecule has 0 aliphatic carbocycles. The maximum atomic E-state index is 13.7. The predicted molar refractivity (Wildman–Crippen MR) is 65.9 cm³/mol. The van der Waals surface area contributed by atoms with Crippen LogP contribution in [0.1, 0.15) is 17.0 Å². The van der Waals surface area contributed by atoms with E-state index in [1.165, 1.54) is 6.07 Å². The van der Waals surface area contributed by atoms with Crippen molar-refractivity contribution < 1.29 is 9.13 Å². The summed E-state index contributed by atoms with van der Waals surface area (Å²) >= 11 is 0. The van der Waals surface area contributed by atoms with Crippen LogP contribution in [0.15, 0.2) is 24.4 Å². The van der Waals surface area contributed by atoms with Crippen molar-refractivity contribution in [2.45, 2.75) is 20.4 Å². The molecule has 0 unspecified atom stereocenters. The highest BCUT2D eigenvalue weighted by Gasteiger charge is 2.09. The smallest absolute Gasteiger partial charge is 0.241 e. The van der Waals surface area contributed by atoms with Gasteiger partial charge in [0.1, 0.15) is 0 Å². The average Bonchev–Trinajstić information content (AvgIpc) is 2.36. The van der Waals surface area contributed by atoms with E-state index in [9.17, 15) is 4.39 Å². The van der Waals surface area contributed by atoms with Crippen LogP contribution in [0.4, 0.5) is 4.39 Å². The van der Waals surface area contributed by atoms with Gasteiger partial charge in [0.2, 0.25) is 5.88 Å². The minimum absolute atomic E-state index is 0.121. The molecule has 0 fully saturated rings. The molecule has 0 atom stereocenters. The number of rotatable bonds is 3. The Morgan fingerprint density at radius 2 is 2.11 bits per heavy atom. The SMILES string of the molecule is Cc1cnc(C)c(Oc2ccc(CN)cc2F)n1. The highest BCUT2D eigenvalue weighted by Crippen LogP contribution is 2.25. The van der Waals surface area contributed by atoms with Crippen LogP contribution in [0, 0.1) is 19.7 Å². The van der Waals surface area contributed by atoms with Crippen LogP contribution in [-0.4, -0.2) is 9.97 Å². The van der Waals surface area contributed by atoms with E-state index in [1.807, 2.05) is 0 Å². The molecule has 0 saturated carbocycles. The Hall–Kier alpha value is -2.01. The van der Waals surface area contributed by atoms with Gasteiger partial charge in [0, 0.05) is 12.7 Å². The Balaban J connectivity index is 2.31. The van der Waals surface area contributed by atoms with Gasteiger partial charge in [-0.3, -0.25) is 4.98 Å². The van der Waals surface area contributed by atoms with Gasteiger partial charge >= 0.3 is 0 Å². The van der Waals surface area contributed by atoms with E-state index in [1.54, 1.807) is 32.2 Å². The van der Waals surface area contributed by atoms with Gasteiger partial charge in [-0.2, -0.15) is 0 Å². The molecular weight excluding hydrogens is 233 g/mol. The standard InChI is InChI=1S/C13H14FN3O/c1-8-7-16-9(2)13(17-8)18-12-4-3-10(6-15)5-11(12)14/h3-5,7H,6,15H2,1-2H3. The summed E-state index contributed by atoms with van der Waals surface area (Å²) in [7, 11) is 0. The van der Waals surface area contributed by atoms with Crippen molar-refractivity contribution in [3.8, 4) is 11.6 Å². The number of aromatic nitrogens is 2. The summed E-state index contributed by atoms with van der Waals surface area (Å²) in [5.74, 6) is -0.0229. The van der Waals surface area contributed by atoms with Crippen molar-refractivity contribution in [3.63, 3.8) is 0 Å². The minimum atomic E-state index is -0.458. The third-order valence-corrected chi connectivity index (χ3v) is 2.47. The number of nitrogens with two attached hydrogens (primary N) is 1. The van der Waals surface area contributed by atoms with Gasteiger partial charge < -0.3 is 10.5 Å². The largest absolute Gasteiger partial charge is 0.434 e. The van der Waals surface area contributed by atoms with Crippen LogP contribution in [0.25, 0.3) is 0 Å². The van der Waals surface area contributed by atoms with E-state index in [0.717, 1.165) is 5.69 Å². The number of benzene rings is 1. The number of hydrogen-bond donors (Lipinski definition) is 1. The molecule has 0 aliphatic heterocycles. The lowest BCUT2D eigenvalue weighted by Gasteiger charge is -2.09. The molecule has 18 heavy (non-hydrogen) atoms.